The molecule has 0 amide bonds. The molecule has 0 aliphatic heterocycles. The van der Waals surface area contributed by atoms with Crippen LogP contribution in [0.15, 0.2) is 0 Å². The van der Waals surface area contributed by atoms with Crippen molar-refractivity contribution in [1.29, 1.82) is 0 Å². The van der Waals surface area contributed by atoms with Crippen molar-refractivity contribution in [3.8, 4) is 6.07 Å². The summed E-state index contributed by atoms with van der Waals surface area (Å²) in [6.07, 6.45) is 0.644. The van der Waals surface area contributed by atoms with Crippen LogP contribution < -0.4 is 0 Å². The molecule has 3 nitrogen and oxygen atoms in total. The molecular weight excluding hydrogens is 128 g/mol. The van der Waals surface area contributed by atoms with Gasteiger partial charge in [-0.1, -0.05) is 13.8 Å². The minimum absolute atomic E-state index is 0.644. The summed E-state index contributed by atoms with van der Waals surface area (Å²) in [6, 6.07) is 2.38. The molecule has 0 spiro atoms. The Morgan fingerprint density at radius 3 is 2.40 bits per heavy atom. The van der Waals surface area contributed by atoms with Gasteiger partial charge in [0.1, 0.15) is 0 Å². The lowest BCUT2D eigenvalue weighted by molar-refractivity contribution is 0.311. The molecule has 0 radical (unpaired) electrons. The van der Waals surface area contributed by atoms with Crippen LogP contribution in [0.2, 0.25) is 0 Å². The average molecular weight is 142 g/mol. The zero-order valence-corrected chi connectivity index (χ0v) is 6.63. The van der Waals surface area contributed by atoms with E-state index in [1.165, 1.54) is 0 Å². The highest BCUT2D eigenvalue weighted by molar-refractivity contribution is 4.87. The van der Waals surface area contributed by atoms with E-state index in [0.29, 0.717) is 6.42 Å². The third-order valence-corrected chi connectivity index (χ3v) is 1.50. The molecule has 0 rings (SSSR count). The van der Waals surface area contributed by atoms with Gasteiger partial charge in [-0.15, -0.1) is 0 Å². The first-order valence-corrected chi connectivity index (χ1v) is 3.62. The summed E-state index contributed by atoms with van der Waals surface area (Å²) >= 11 is 0. The van der Waals surface area contributed by atoms with Crippen molar-refractivity contribution in [1.82, 2.24) is 4.90 Å². The van der Waals surface area contributed by atoms with Crippen molar-refractivity contribution in [2.75, 3.05) is 19.6 Å². The molecule has 0 aromatic rings. The van der Waals surface area contributed by atoms with E-state index < -0.39 is 0 Å². The second kappa shape index (κ2) is 6.37. The monoisotopic (exact) mass is 142 g/mol. The summed E-state index contributed by atoms with van der Waals surface area (Å²) in [5, 5.41) is 12.1. The summed E-state index contributed by atoms with van der Waals surface area (Å²) < 4.78 is 0. The van der Waals surface area contributed by atoms with Gasteiger partial charge in [0.05, 0.1) is 6.42 Å². The maximum Gasteiger partial charge on any atom is 0.299 e. The van der Waals surface area contributed by atoms with Crippen LogP contribution in [0.1, 0.15) is 20.3 Å². The number of hydrogen-bond acceptors (Lipinski definition) is 2. The standard InChI is InChI=1S/C7H14N2O/c1-3-9(4-2)7-5-6-8-10/h3-5,7H2,1-2H3. The number of hydrogen-bond donors (Lipinski definition) is 0. The topological polar surface area (TPSA) is 30.7 Å². The first-order valence-electron chi connectivity index (χ1n) is 3.62. The van der Waals surface area contributed by atoms with Crippen molar-refractivity contribution in [2.24, 2.45) is 0 Å². The van der Waals surface area contributed by atoms with E-state index in [-0.39, 0.29) is 0 Å². The highest BCUT2D eigenvalue weighted by Crippen LogP contribution is 1.88. The van der Waals surface area contributed by atoms with Gasteiger partial charge in [0.2, 0.25) is 0 Å². The van der Waals surface area contributed by atoms with Crippen LogP contribution in [0, 0.1) is 11.3 Å². The maximum absolute atomic E-state index is 9.58. The van der Waals surface area contributed by atoms with Crippen molar-refractivity contribution < 1.29 is 0 Å². The largest absolute Gasteiger partial charge is 0.498 e. The summed E-state index contributed by atoms with van der Waals surface area (Å²) in [4.78, 5) is 2.22. The summed E-state index contributed by atoms with van der Waals surface area (Å²) in [7, 11) is 0. The van der Waals surface area contributed by atoms with Gasteiger partial charge in [0.15, 0.2) is 0 Å². The van der Waals surface area contributed by atoms with E-state index in [0.717, 1.165) is 19.6 Å². The van der Waals surface area contributed by atoms with Crippen LogP contribution in [0.25, 0.3) is 5.01 Å². The maximum atomic E-state index is 9.58. The Morgan fingerprint density at radius 1 is 1.40 bits per heavy atom. The fourth-order valence-corrected chi connectivity index (χ4v) is 0.794. The number of rotatable bonds is 4. The minimum atomic E-state index is 0.644. The Labute approximate surface area is 62.0 Å². The van der Waals surface area contributed by atoms with Crippen molar-refractivity contribution in [3.63, 3.8) is 0 Å². The van der Waals surface area contributed by atoms with Gasteiger partial charge < -0.3 is 10.1 Å². The molecule has 0 aliphatic rings. The van der Waals surface area contributed by atoms with E-state index in [4.69, 9.17) is 0 Å². The lowest BCUT2D eigenvalue weighted by atomic mass is 10.4. The van der Waals surface area contributed by atoms with Crippen LogP contribution in [-0.4, -0.2) is 24.5 Å². The van der Waals surface area contributed by atoms with Crippen LogP contribution in [0.3, 0.4) is 0 Å². The summed E-state index contributed by atoms with van der Waals surface area (Å²) in [5.41, 5.74) is 0. The zero-order chi connectivity index (χ0) is 7.82. The Balaban J connectivity index is 3.31. The Bertz CT molecular complexity index is 121. The van der Waals surface area contributed by atoms with E-state index in [1.54, 1.807) is 0 Å². The van der Waals surface area contributed by atoms with Gasteiger partial charge in [-0.05, 0) is 13.1 Å². The third-order valence-electron chi connectivity index (χ3n) is 1.50. The minimum Gasteiger partial charge on any atom is -0.498 e. The molecule has 0 fully saturated rings. The van der Waals surface area contributed by atoms with E-state index in [9.17, 15) is 5.21 Å². The van der Waals surface area contributed by atoms with E-state index in [2.05, 4.69) is 29.8 Å². The van der Waals surface area contributed by atoms with Crippen molar-refractivity contribution in [3.05, 3.63) is 10.2 Å². The third kappa shape index (κ3) is 4.16. The van der Waals surface area contributed by atoms with Crippen LogP contribution in [0.4, 0.5) is 0 Å². The predicted octanol–water partition coefficient (Wildman–Crippen LogP) is 1.55. The smallest absolute Gasteiger partial charge is 0.299 e. The normalized spacial score (nSPS) is 9.10. The molecule has 58 valence electrons. The van der Waals surface area contributed by atoms with Gasteiger partial charge in [-0.2, -0.15) is 0 Å². The zero-order valence-electron chi connectivity index (χ0n) is 6.63. The fourth-order valence-electron chi connectivity index (χ4n) is 0.794. The summed E-state index contributed by atoms with van der Waals surface area (Å²) in [6.45, 7) is 7.13. The number of nitrogens with zero attached hydrogens (tertiary/aromatic N) is 2. The van der Waals surface area contributed by atoms with Crippen LogP contribution in [-0.2, 0) is 0 Å². The Hall–Kier alpha value is -0.750. The van der Waals surface area contributed by atoms with Crippen LogP contribution in [0.5, 0.6) is 0 Å². The predicted molar refractivity (Wildman–Crippen MR) is 43.0 cm³/mol. The average Bonchev–Trinajstić information content (AvgIpc) is 1.99. The van der Waals surface area contributed by atoms with Crippen LogP contribution >= 0.6 is 0 Å². The van der Waals surface area contributed by atoms with Gasteiger partial charge in [0.25, 0.3) is 6.07 Å². The highest BCUT2D eigenvalue weighted by Gasteiger charge is 1.97. The van der Waals surface area contributed by atoms with E-state index in [1.807, 2.05) is 0 Å². The first kappa shape index (κ1) is 9.25. The molecule has 0 heterocycles. The highest BCUT2D eigenvalue weighted by atomic mass is 16.4. The van der Waals surface area contributed by atoms with Gasteiger partial charge >= 0.3 is 0 Å². The fraction of sp³-hybridized carbons (Fsp3) is 0.857. The van der Waals surface area contributed by atoms with Crippen molar-refractivity contribution in [2.45, 2.75) is 20.3 Å². The lowest BCUT2D eigenvalue weighted by Gasteiger charge is -2.14. The molecule has 3 heteroatoms. The van der Waals surface area contributed by atoms with Crippen molar-refractivity contribution >= 4 is 0 Å². The molecule has 0 N–H and O–H groups in total. The molecule has 0 aromatic carbocycles. The second-order valence-electron chi connectivity index (χ2n) is 2.03. The molecule has 0 bridgehead atoms. The Kier molecular flexibility index (Phi) is 5.89. The molecule has 0 aromatic heterocycles. The lowest BCUT2D eigenvalue weighted by Crippen LogP contribution is -2.23. The molecule has 0 saturated carbocycles. The molecule has 0 saturated heterocycles. The molecular formula is C7H14N2O. The Morgan fingerprint density at radius 2 is 2.00 bits per heavy atom. The molecule has 0 atom stereocenters. The molecule has 0 unspecified atom stereocenters. The second-order valence-corrected chi connectivity index (χ2v) is 2.03. The quantitative estimate of drug-likeness (QED) is 0.557. The molecule has 10 heavy (non-hydrogen) atoms. The molecule has 0 aliphatic carbocycles. The van der Waals surface area contributed by atoms with Gasteiger partial charge in [0, 0.05) is 11.6 Å². The SMILES string of the molecule is CCN(CC)CCC#[N+][O-]. The summed E-state index contributed by atoms with van der Waals surface area (Å²) in [5.74, 6) is 0. The first-order chi connectivity index (χ1) is 4.85. The van der Waals surface area contributed by atoms with Gasteiger partial charge in [-0.3, -0.25) is 0 Å². The van der Waals surface area contributed by atoms with Gasteiger partial charge in [-0.25, -0.2) is 0 Å². The van der Waals surface area contributed by atoms with E-state index >= 15 is 0 Å².